The van der Waals surface area contributed by atoms with E-state index in [-0.39, 0.29) is 18.1 Å². The standard InChI is InChI=1S/C14H16FN3O/c1-10-17-9-12(18-10)6-7-16-14(19)8-11-4-2-3-5-13(11)15/h2-5,9H,6-8H2,1H3,(H,16,19)(H,17,18). The van der Waals surface area contributed by atoms with E-state index in [0.717, 1.165) is 11.5 Å². The third-order valence-electron chi connectivity index (χ3n) is 2.78. The predicted molar refractivity (Wildman–Crippen MR) is 70.1 cm³/mol. The van der Waals surface area contributed by atoms with Gasteiger partial charge in [0.25, 0.3) is 0 Å². The summed E-state index contributed by atoms with van der Waals surface area (Å²) in [5.41, 5.74) is 1.39. The SMILES string of the molecule is Cc1ncc(CCNC(=O)Cc2ccccc2F)[nH]1. The molecule has 2 aromatic rings. The van der Waals surface area contributed by atoms with Gasteiger partial charge in [0.1, 0.15) is 11.6 Å². The number of halogens is 1. The number of nitrogens with zero attached hydrogens (tertiary/aromatic N) is 1. The molecule has 0 atom stereocenters. The van der Waals surface area contributed by atoms with Crippen molar-refractivity contribution in [1.82, 2.24) is 15.3 Å². The topological polar surface area (TPSA) is 57.8 Å². The molecular weight excluding hydrogens is 245 g/mol. The summed E-state index contributed by atoms with van der Waals surface area (Å²) in [6.45, 7) is 2.38. The van der Waals surface area contributed by atoms with Gasteiger partial charge in [0, 0.05) is 24.9 Å². The molecule has 0 aliphatic heterocycles. The van der Waals surface area contributed by atoms with E-state index in [9.17, 15) is 9.18 Å². The summed E-state index contributed by atoms with van der Waals surface area (Å²) >= 11 is 0. The number of nitrogens with one attached hydrogen (secondary N) is 2. The average molecular weight is 261 g/mol. The minimum atomic E-state index is -0.346. The second-order valence-corrected chi connectivity index (χ2v) is 4.36. The highest BCUT2D eigenvalue weighted by atomic mass is 19.1. The number of imidazole rings is 1. The molecule has 1 aromatic carbocycles. The summed E-state index contributed by atoms with van der Waals surface area (Å²) in [6.07, 6.45) is 2.50. The lowest BCUT2D eigenvalue weighted by atomic mass is 10.1. The lowest BCUT2D eigenvalue weighted by Crippen LogP contribution is -2.27. The van der Waals surface area contributed by atoms with Crippen molar-refractivity contribution in [3.8, 4) is 0 Å². The van der Waals surface area contributed by atoms with E-state index in [1.165, 1.54) is 6.07 Å². The summed E-state index contributed by atoms with van der Waals surface area (Å²) in [4.78, 5) is 18.8. The van der Waals surface area contributed by atoms with Crippen molar-refractivity contribution in [2.45, 2.75) is 19.8 Å². The molecule has 1 amide bonds. The minimum Gasteiger partial charge on any atom is -0.355 e. The third kappa shape index (κ3) is 3.91. The van der Waals surface area contributed by atoms with Crippen LogP contribution in [0.2, 0.25) is 0 Å². The molecule has 100 valence electrons. The first-order chi connectivity index (χ1) is 9.15. The van der Waals surface area contributed by atoms with Crippen LogP contribution in [0.25, 0.3) is 0 Å². The van der Waals surface area contributed by atoms with Gasteiger partial charge in [0.05, 0.1) is 6.42 Å². The number of amides is 1. The molecule has 2 N–H and O–H groups in total. The first-order valence-electron chi connectivity index (χ1n) is 6.16. The Morgan fingerprint density at radius 2 is 2.21 bits per heavy atom. The number of H-pyrrole nitrogens is 1. The first kappa shape index (κ1) is 13.3. The number of aromatic nitrogens is 2. The zero-order chi connectivity index (χ0) is 13.7. The van der Waals surface area contributed by atoms with Crippen LogP contribution in [0.5, 0.6) is 0 Å². The van der Waals surface area contributed by atoms with Gasteiger partial charge in [-0.1, -0.05) is 18.2 Å². The Morgan fingerprint density at radius 1 is 1.42 bits per heavy atom. The maximum absolute atomic E-state index is 13.3. The predicted octanol–water partition coefficient (Wildman–Crippen LogP) is 1.76. The van der Waals surface area contributed by atoms with Gasteiger partial charge in [-0.25, -0.2) is 9.37 Å². The number of aromatic amines is 1. The normalized spacial score (nSPS) is 10.4. The molecule has 0 aliphatic carbocycles. The van der Waals surface area contributed by atoms with Crippen molar-refractivity contribution in [2.24, 2.45) is 0 Å². The summed E-state index contributed by atoms with van der Waals surface area (Å²) in [5, 5.41) is 2.76. The average Bonchev–Trinajstić information content (AvgIpc) is 2.78. The van der Waals surface area contributed by atoms with Gasteiger partial charge in [-0.15, -0.1) is 0 Å². The molecule has 1 heterocycles. The molecule has 0 aliphatic rings. The molecular formula is C14H16FN3O. The van der Waals surface area contributed by atoms with Gasteiger partial charge in [-0.3, -0.25) is 4.79 Å². The highest BCUT2D eigenvalue weighted by Crippen LogP contribution is 2.06. The monoisotopic (exact) mass is 261 g/mol. The fraction of sp³-hybridized carbons (Fsp3) is 0.286. The summed E-state index contributed by atoms with van der Waals surface area (Å²) in [6, 6.07) is 6.31. The molecule has 2 rings (SSSR count). The van der Waals surface area contributed by atoms with E-state index < -0.39 is 0 Å². The largest absolute Gasteiger partial charge is 0.355 e. The number of hydrogen-bond acceptors (Lipinski definition) is 2. The Kier molecular flexibility index (Phi) is 4.28. The molecule has 4 nitrogen and oxygen atoms in total. The molecule has 19 heavy (non-hydrogen) atoms. The van der Waals surface area contributed by atoms with E-state index in [1.54, 1.807) is 24.4 Å². The molecule has 0 saturated heterocycles. The quantitative estimate of drug-likeness (QED) is 0.861. The van der Waals surface area contributed by atoms with Crippen LogP contribution in [0.15, 0.2) is 30.5 Å². The first-order valence-corrected chi connectivity index (χ1v) is 6.16. The van der Waals surface area contributed by atoms with E-state index in [0.29, 0.717) is 18.5 Å². The second kappa shape index (κ2) is 6.13. The van der Waals surface area contributed by atoms with Crippen LogP contribution in [-0.2, 0) is 17.6 Å². The Balaban J connectivity index is 1.77. The molecule has 0 unspecified atom stereocenters. The van der Waals surface area contributed by atoms with Crippen molar-refractivity contribution in [3.05, 3.63) is 53.4 Å². The number of carbonyl (C=O) groups is 1. The molecule has 0 spiro atoms. The van der Waals surface area contributed by atoms with Gasteiger partial charge in [0.2, 0.25) is 5.91 Å². The van der Waals surface area contributed by atoms with Gasteiger partial charge in [-0.05, 0) is 18.6 Å². The Morgan fingerprint density at radius 3 is 2.89 bits per heavy atom. The summed E-state index contributed by atoms with van der Waals surface area (Å²) in [5.74, 6) is 0.330. The van der Waals surface area contributed by atoms with Crippen molar-refractivity contribution in [1.29, 1.82) is 0 Å². The van der Waals surface area contributed by atoms with E-state index >= 15 is 0 Å². The highest BCUT2D eigenvalue weighted by Gasteiger charge is 2.07. The molecule has 0 radical (unpaired) electrons. The van der Waals surface area contributed by atoms with Crippen LogP contribution < -0.4 is 5.32 Å². The molecule has 0 saturated carbocycles. The summed E-state index contributed by atoms with van der Waals surface area (Å²) < 4.78 is 13.3. The van der Waals surface area contributed by atoms with Crippen LogP contribution in [0, 0.1) is 12.7 Å². The van der Waals surface area contributed by atoms with Gasteiger partial charge >= 0.3 is 0 Å². The number of rotatable bonds is 5. The fourth-order valence-electron chi connectivity index (χ4n) is 1.81. The van der Waals surface area contributed by atoms with Crippen LogP contribution in [-0.4, -0.2) is 22.4 Å². The Hall–Kier alpha value is -2.17. The fourth-order valence-corrected chi connectivity index (χ4v) is 1.81. The van der Waals surface area contributed by atoms with Crippen molar-refractivity contribution < 1.29 is 9.18 Å². The lowest BCUT2D eigenvalue weighted by Gasteiger charge is -2.05. The van der Waals surface area contributed by atoms with Crippen LogP contribution >= 0.6 is 0 Å². The zero-order valence-electron chi connectivity index (χ0n) is 10.7. The van der Waals surface area contributed by atoms with Crippen molar-refractivity contribution in [3.63, 3.8) is 0 Å². The van der Waals surface area contributed by atoms with Crippen LogP contribution in [0.3, 0.4) is 0 Å². The molecule has 1 aromatic heterocycles. The van der Waals surface area contributed by atoms with Gasteiger partial charge < -0.3 is 10.3 Å². The molecule has 0 fully saturated rings. The number of aryl methyl sites for hydroxylation is 1. The van der Waals surface area contributed by atoms with Gasteiger partial charge in [0.15, 0.2) is 0 Å². The smallest absolute Gasteiger partial charge is 0.224 e. The maximum Gasteiger partial charge on any atom is 0.224 e. The zero-order valence-corrected chi connectivity index (χ0v) is 10.7. The van der Waals surface area contributed by atoms with E-state index in [2.05, 4.69) is 15.3 Å². The number of benzene rings is 1. The van der Waals surface area contributed by atoms with E-state index in [1.807, 2.05) is 6.92 Å². The number of hydrogen-bond donors (Lipinski definition) is 2. The lowest BCUT2D eigenvalue weighted by molar-refractivity contribution is -0.120. The molecule has 5 heteroatoms. The Labute approximate surface area is 111 Å². The van der Waals surface area contributed by atoms with E-state index in [4.69, 9.17) is 0 Å². The third-order valence-corrected chi connectivity index (χ3v) is 2.78. The Bertz CT molecular complexity index is 565. The maximum atomic E-state index is 13.3. The molecule has 0 bridgehead atoms. The van der Waals surface area contributed by atoms with Crippen molar-refractivity contribution >= 4 is 5.91 Å². The van der Waals surface area contributed by atoms with Crippen LogP contribution in [0.1, 0.15) is 17.1 Å². The van der Waals surface area contributed by atoms with Crippen molar-refractivity contribution in [2.75, 3.05) is 6.54 Å². The van der Waals surface area contributed by atoms with Crippen LogP contribution in [0.4, 0.5) is 4.39 Å². The summed E-state index contributed by atoms with van der Waals surface area (Å²) in [7, 11) is 0. The minimum absolute atomic E-state index is 0.0642. The highest BCUT2D eigenvalue weighted by molar-refractivity contribution is 5.78. The second-order valence-electron chi connectivity index (χ2n) is 4.36. The van der Waals surface area contributed by atoms with Gasteiger partial charge in [-0.2, -0.15) is 0 Å². The number of carbonyl (C=O) groups excluding carboxylic acids is 1.